The summed E-state index contributed by atoms with van der Waals surface area (Å²) in [4.78, 5) is 25.1. The van der Waals surface area contributed by atoms with Crippen molar-refractivity contribution in [2.24, 2.45) is 0 Å². The molecule has 4 aromatic carbocycles. The molecule has 0 atom stereocenters. The zero-order valence-electron chi connectivity index (χ0n) is 24.3. The van der Waals surface area contributed by atoms with E-state index < -0.39 is 0 Å². The summed E-state index contributed by atoms with van der Waals surface area (Å²) in [7, 11) is 0. The number of rotatable bonds is 10. The van der Waals surface area contributed by atoms with Crippen molar-refractivity contribution in [3.05, 3.63) is 108 Å². The first-order valence-corrected chi connectivity index (χ1v) is 14.7. The molecule has 0 aliphatic carbocycles. The van der Waals surface area contributed by atoms with E-state index in [2.05, 4.69) is 15.5 Å². The van der Waals surface area contributed by atoms with Gasteiger partial charge in [-0.15, -0.1) is 0 Å². The van der Waals surface area contributed by atoms with Crippen LogP contribution in [0.1, 0.15) is 22.3 Å². The van der Waals surface area contributed by atoms with E-state index in [1.807, 2.05) is 91.9 Å². The van der Waals surface area contributed by atoms with Gasteiger partial charge in [0.25, 0.3) is 5.91 Å². The van der Waals surface area contributed by atoms with Crippen LogP contribution in [0.5, 0.6) is 5.75 Å². The van der Waals surface area contributed by atoms with Crippen molar-refractivity contribution >= 4 is 34.1 Å². The minimum atomic E-state index is -0.188. The van der Waals surface area contributed by atoms with Crippen LogP contribution in [-0.2, 0) is 4.74 Å². The van der Waals surface area contributed by atoms with Crippen molar-refractivity contribution in [2.45, 2.75) is 13.3 Å². The Bertz CT molecular complexity index is 1690. The maximum atomic E-state index is 13.1. The van der Waals surface area contributed by atoms with E-state index >= 15 is 0 Å². The van der Waals surface area contributed by atoms with Crippen LogP contribution in [0, 0.1) is 6.92 Å². The number of carbonyl (C=O) groups excluding carboxylic acids is 1. The van der Waals surface area contributed by atoms with Crippen LogP contribution in [0.4, 0.5) is 17.3 Å². The highest BCUT2D eigenvalue weighted by Crippen LogP contribution is 2.28. The molecule has 8 heteroatoms. The van der Waals surface area contributed by atoms with Crippen LogP contribution >= 0.6 is 0 Å². The molecule has 1 amide bonds. The molecule has 1 aliphatic heterocycles. The van der Waals surface area contributed by atoms with Gasteiger partial charge in [0.05, 0.1) is 31.0 Å². The van der Waals surface area contributed by atoms with Crippen LogP contribution in [0.25, 0.3) is 22.2 Å². The van der Waals surface area contributed by atoms with Crippen molar-refractivity contribution in [3.63, 3.8) is 0 Å². The Morgan fingerprint density at radius 2 is 1.67 bits per heavy atom. The summed E-state index contributed by atoms with van der Waals surface area (Å²) in [5, 5.41) is 7.33. The Hall–Kier alpha value is -4.79. The number of aromatic nitrogens is 2. The third-order valence-corrected chi connectivity index (χ3v) is 7.50. The van der Waals surface area contributed by atoms with E-state index in [4.69, 9.17) is 19.4 Å². The molecular formula is C35H35N5O3. The van der Waals surface area contributed by atoms with E-state index in [0.717, 1.165) is 84.1 Å². The van der Waals surface area contributed by atoms with Gasteiger partial charge in [-0.25, -0.2) is 9.97 Å². The molecule has 2 heterocycles. The average molecular weight is 574 g/mol. The fourth-order valence-electron chi connectivity index (χ4n) is 5.11. The number of para-hydroxylation sites is 1. The largest absolute Gasteiger partial charge is 0.493 e. The van der Waals surface area contributed by atoms with E-state index in [9.17, 15) is 4.79 Å². The molecule has 1 aromatic heterocycles. The fourth-order valence-corrected chi connectivity index (χ4v) is 5.11. The SMILES string of the molecule is Cc1ccc(OCCCN2CCOCC2)cc1NC(=O)c1ccc(Nc2nc(-c3ccccc3)c3ccccc3n2)cc1. The maximum absolute atomic E-state index is 13.1. The van der Waals surface area contributed by atoms with Crippen LogP contribution in [0.2, 0.25) is 0 Å². The van der Waals surface area contributed by atoms with Gasteiger partial charge in [-0.1, -0.05) is 54.6 Å². The Labute approximate surface area is 251 Å². The summed E-state index contributed by atoms with van der Waals surface area (Å²) in [6, 6.07) is 31.2. The summed E-state index contributed by atoms with van der Waals surface area (Å²) in [6.45, 7) is 7.14. The number of nitrogens with zero attached hydrogens (tertiary/aromatic N) is 3. The second-order valence-corrected chi connectivity index (χ2v) is 10.6. The topological polar surface area (TPSA) is 88.6 Å². The molecule has 0 unspecified atom stereocenters. The van der Waals surface area contributed by atoms with Crippen LogP contribution in [0.15, 0.2) is 97.1 Å². The van der Waals surface area contributed by atoms with E-state index in [-0.39, 0.29) is 5.91 Å². The number of morpholine rings is 1. The van der Waals surface area contributed by atoms with Gasteiger partial charge in [0.1, 0.15) is 5.75 Å². The molecule has 218 valence electrons. The van der Waals surface area contributed by atoms with Gasteiger partial charge >= 0.3 is 0 Å². The summed E-state index contributed by atoms with van der Waals surface area (Å²) in [5.41, 5.74) is 5.78. The molecular weight excluding hydrogens is 538 g/mol. The Kier molecular flexibility index (Phi) is 8.87. The normalized spacial score (nSPS) is 13.5. The van der Waals surface area contributed by atoms with Crippen LogP contribution in [-0.4, -0.2) is 60.2 Å². The van der Waals surface area contributed by atoms with Crippen molar-refractivity contribution in [1.82, 2.24) is 14.9 Å². The molecule has 2 N–H and O–H groups in total. The number of hydrogen-bond acceptors (Lipinski definition) is 7. The second-order valence-electron chi connectivity index (χ2n) is 10.6. The number of nitrogens with one attached hydrogen (secondary N) is 2. The average Bonchev–Trinajstić information content (AvgIpc) is 3.05. The Morgan fingerprint density at radius 3 is 2.49 bits per heavy atom. The Balaban J connectivity index is 1.09. The molecule has 6 rings (SSSR count). The lowest BCUT2D eigenvalue weighted by molar-refractivity contribution is 0.0358. The molecule has 1 saturated heterocycles. The maximum Gasteiger partial charge on any atom is 0.255 e. The predicted molar refractivity (Wildman–Crippen MR) is 171 cm³/mol. The number of fused-ring (bicyclic) bond motifs is 1. The number of amides is 1. The van der Waals surface area contributed by atoms with Gasteiger partial charge in [-0.05, 0) is 55.3 Å². The minimum absolute atomic E-state index is 0.188. The van der Waals surface area contributed by atoms with Gasteiger partial charge in [-0.2, -0.15) is 0 Å². The van der Waals surface area contributed by atoms with E-state index in [1.165, 1.54) is 0 Å². The van der Waals surface area contributed by atoms with Gasteiger partial charge < -0.3 is 20.1 Å². The number of ether oxygens (including phenoxy) is 2. The van der Waals surface area contributed by atoms with Crippen LogP contribution < -0.4 is 15.4 Å². The number of anilines is 3. The first-order valence-electron chi connectivity index (χ1n) is 14.7. The fraction of sp³-hybridized carbons (Fsp3) is 0.229. The van der Waals surface area contributed by atoms with Gasteiger partial charge in [-0.3, -0.25) is 9.69 Å². The van der Waals surface area contributed by atoms with Crippen LogP contribution in [0.3, 0.4) is 0 Å². The molecule has 1 aliphatic rings. The monoisotopic (exact) mass is 573 g/mol. The van der Waals surface area contributed by atoms with Gasteiger partial charge in [0, 0.05) is 53.6 Å². The number of benzene rings is 4. The van der Waals surface area contributed by atoms with Crippen molar-refractivity contribution < 1.29 is 14.3 Å². The third-order valence-electron chi connectivity index (χ3n) is 7.50. The molecule has 5 aromatic rings. The summed E-state index contributed by atoms with van der Waals surface area (Å²) in [5.74, 6) is 1.05. The number of aryl methyl sites for hydroxylation is 1. The highest BCUT2D eigenvalue weighted by molar-refractivity contribution is 6.05. The van der Waals surface area contributed by atoms with E-state index in [1.54, 1.807) is 12.1 Å². The van der Waals surface area contributed by atoms with Crippen molar-refractivity contribution in [2.75, 3.05) is 50.1 Å². The molecule has 0 radical (unpaired) electrons. The molecule has 0 spiro atoms. The lowest BCUT2D eigenvalue weighted by atomic mass is 10.1. The van der Waals surface area contributed by atoms with Crippen molar-refractivity contribution in [3.8, 4) is 17.0 Å². The standard InChI is InChI=1S/C35H35N5O3/c1-25-12-17-29(43-21-7-18-40-19-22-42-23-20-40)24-32(25)37-34(41)27-13-15-28(16-14-27)36-35-38-31-11-6-5-10-30(31)33(39-35)26-8-3-2-4-9-26/h2-6,8-17,24H,7,18-23H2,1H3,(H,37,41)(H,36,38,39). The lowest BCUT2D eigenvalue weighted by Gasteiger charge is -2.26. The molecule has 1 fully saturated rings. The lowest BCUT2D eigenvalue weighted by Crippen LogP contribution is -2.37. The highest BCUT2D eigenvalue weighted by atomic mass is 16.5. The number of hydrogen-bond donors (Lipinski definition) is 2. The predicted octanol–water partition coefficient (Wildman–Crippen LogP) is 6.70. The Morgan fingerprint density at radius 1 is 0.907 bits per heavy atom. The van der Waals surface area contributed by atoms with Crippen molar-refractivity contribution in [1.29, 1.82) is 0 Å². The highest BCUT2D eigenvalue weighted by Gasteiger charge is 2.13. The summed E-state index contributed by atoms with van der Waals surface area (Å²) < 4.78 is 11.4. The van der Waals surface area contributed by atoms with Gasteiger partial charge in [0.15, 0.2) is 0 Å². The molecule has 8 nitrogen and oxygen atoms in total. The first-order chi connectivity index (χ1) is 21.1. The molecule has 43 heavy (non-hydrogen) atoms. The second kappa shape index (κ2) is 13.5. The molecule has 0 saturated carbocycles. The van der Waals surface area contributed by atoms with E-state index in [0.29, 0.717) is 18.1 Å². The summed E-state index contributed by atoms with van der Waals surface area (Å²) in [6.07, 6.45) is 0.938. The third kappa shape index (κ3) is 7.17. The number of carbonyl (C=O) groups is 1. The van der Waals surface area contributed by atoms with Gasteiger partial charge in [0.2, 0.25) is 5.95 Å². The summed E-state index contributed by atoms with van der Waals surface area (Å²) >= 11 is 0. The minimum Gasteiger partial charge on any atom is -0.493 e. The first kappa shape index (κ1) is 28.3. The quantitative estimate of drug-likeness (QED) is 0.180. The zero-order valence-corrected chi connectivity index (χ0v) is 24.3. The smallest absolute Gasteiger partial charge is 0.255 e. The zero-order chi connectivity index (χ0) is 29.4. The molecule has 0 bridgehead atoms.